The van der Waals surface area contributed by atoms with E-state index in [9.17, 15) is 13.2 Å². The van der Waals surface area contributed by atoms with Crippen molar-refractivity contribution in [2.24, 2.45) is 0 Å². The van der Waals surface area contributed by atoms with Crippen molar-refractivity contribution in [1.82, 2.24) is 0 Å². The summed E-state index contributed by atoms with van der Waals surface area (Å²) in [7, 11) is 0. The van der Waals surface area contributed by atoms with Gasteiger partial charge in [-0.1, -0.05) is 66.7 Å². The Bertz CT molecular complexity index is 801. The van der Waals surface area contributed by atoms with Gasteiger partial charge in [-0.2, -0.15) is 13.2 Å². The molecule has 1 nitrogen and oxygen atoms in total. The molecule has 0 aliphatic carbocycles. The van der Waals surface area contributed by atoms with Gasteiger partial charge in [0.2, 0.25) is 0 Å². The quantitative estimate of drug-likeness (QED) is 0.525. The van der Waals surface area contributed by atoms with Crippen molar-refractivity contribution in [3.8, 4) is 0 Å². The second-order valence-corrected chi connectivity index (χ2v) is 6.27. The van der Waals surface area contributed by atoms with E-state index in [1.807, 2.05) is 65.6 Å². The second kappa shape index (κ2) is 7.65. The maximum Gasteiger partial charge on any atom is 0.416 e. The fraction of sp³-hybridized carbons (Fsp3) is 0.182. The third kappa shape index (κ3) is 4.26. The Morgan fingerprint density at radius 2 is 1.19 bits per heavy atom. The lowest BCUT2D eigenvalue weighted by atomic mass is 10.0. The largest absolute Gasteiger partial charge is 0.416 e. The summed E-state index contributed by atoms with van der Waals surface area (Å²) in [5.41, 5.74) is 2.39. The van der Waals surface area contributed by atoms with Crippen LogP contribution in [0, 0.1) is 6.92 Å². The molecule has 3 rings (SSSR count). The van der Waals surface area contributed by atoms with Gasteiger partial charge in [0.05, 0.1) is 5.56 Å². The Kier molecular flexibility index (Phi) is 5.31. The van der Waals surface area contributed by atoms with Gasteiger partial charge in [-0.25, -0.2) is 0 Å². The molecule has 0 saturated carbocycles. The van der Waals surface area contributed by atoms with E-state index in [0.29, 0.717) is 18.8 Å². The zero-order valence-electron chi connectivity index (χ0n) is 14.5. The minimum absolute atomic E-state index is 0.256. The van der Waals surface area contributed by atoms with Crippen LogP contribution < -0.4 is 4.90 Å². The molecule has 4 heteroatoms. The summed E-state index contributed by atoms with van der Waals surface area (Å²) in [6.45, 7) is 2.62. The molecule has 0 spiro atoms. The number of nitrogens with zero attached hydrogens (tertiary/aromatic N) is 1. The van der Waals surface area contributed by atoms with Crippen LogP contribution in [-0.4, -0.2) is 0 Å². The van der Waals surface area contributed by atoms with Crippen molar-refractivity contribution in [3.05, 3.63) is 101 Å². The molecule has 0 aliphatic heterocycles. The van der Waals surface area contributed by atoms with Crippen LogP contribution in [0.5, 0.6) is 0 Å². The van der Waals surface area contributed by atoms with E-state index in [4.69, 9.17) is 0 Å². The fourth-order valence-corrected chi connectivity index (χ4v) is 3.11. The van der Waals surface area contributed by atoms with Crippen molar-refractivity contribution in [1.29, 1.82) is 0 Å². The summed E-state index contributed by atoms with van der Waals surface area (Å²) >= 11 is 0. The summed E-state index contributed by atoms with van der Waals surface area (Å²) in [4.78, 5) is 2.00. The predicted octanol–water partition coefficient (Wildman–Crippen LogP) is 6.22. The molecule has 26 heavy (non-hydrogen) atoms. The SMILES string of the molecule is Cc1c(N(Cc2ccccc2)Cc2ccccc2)cccc1C(F)(F)F. The highest BCUT2D eigenvalue weighted by Gasteiger charge is 2.33. The molecule has 3 aromatic carbocycles. The van der Waals surface area contributed by atoms with Gasteiger partial charge in [0.25, 0.3) is 0 Å². The van der Waals surface area contributed by atoms with Crippen LogP contribution in [0.25, 0.3) is 0 Å². The highest BCUT2D eigenvalue weighted by atomic mass is 19.4. The first-order valence-electron chi connectivity index (χ1n) is 8.45. The lowest BCUT2D eigenvalue weighted by Gasteiger charge is -2.28. The summed E-state index contributed by atoms with van der Waals surface area (Å²) in [6.07, 6.45) is -4.36. The smallest absolute Gasteiger partial charge is 0.363 e. The number of benzene rings is 3. The lowest BCUT2D eigenvalue weighted by Crippen LogP contribution is -2.24. The molecule has 134 valence electrons. The summed E-state index contributed by atoms with van der Waals surface area (Å²) < 4.78 is 40.0. The maximum absolute atomic E-state index is 13.3. The molecule has 3 aromatic rings. The van der Waals surface area contributed by atoms with E-state index < -0.39 is 11.7 Å². The molecular formula is C22H20F3N. The first-order chi connectivity index (χ1) is 12.4. The standard InChI is InChI=1S/C22H20F3N/c1-17-20(22(23,24)25)13-8-14-21(17)26(15-18-9-4-2-5-10-18)16-19-11-6-3-7-12-19/h2-14H,15-16H2,1H3. The topological polar surface area (TPSA) is 3.24 Å². The molecule has 0 atom stereocenters. The van der Waals surface area contributed by atoms with E-state index in [1.54, 1.807) is 13.0 Å². The van der Waals surface area contributed by atoms with Crippen molar-refractivity contribution >= 4 is 5.69 Å². The molecule has 0 aliphatic rings. The van der Waals surface area contributed by atoms with Crippen LogP contribution in [0.1, 0.15) is 22.3 Å². The Morgan fingerprint density at radius 1 is 0.692 bits per heavy atom. The molecule has 0 aromatic heterocycles. The van der Waals surface area contributed by atoms with Crippen LogP contribution in [0.15, 0.2) is 78.9 Å². The average molecular weight is 355 g/mol. The fourth-order valence-electron chi connectivity index (χ4n) is 3.11. The first kappa shape index (κ1) is 18.1. The summed E-state index contributed by atoms with van der Waals surface area (Å²) in [5, 5.41) is 0. The van der Waals surface area contributed by atoms with Gasteiger partial charge in [-0.15, -0.1) is 0 Å². The highest BCUT2D eigenvalue weighted by molar-refractivity contribution is 5.57. The molecular weight excluding hydrogens is 335 g/mol. The van der Waals surface area contributed by atoms with Crippen LogP contribution in [0.2, 0.25) is 0 Å². The zero-order valence-corrected chi connectivity index (χ0v) is 14.5. The number of hydrogen-bond donors (Lipinski definition) is 0. The number of halogens is 3. The second-order valence-electron chi connectivity index (χ2n) is 6.27. The minimum Gasteiger partial charge on any atom is -0.363 e. The summed E-state index contributed by atoms with van der Waals surface area (Å²) in [6, 6.07) is 24.0. The van der Waals surface area contributed by atoms with Crippen LogP contribution in [0.4, 0.5) is 18.9 Å². The Morgan fingerprint density at radius 3 is 1.65 bits per heavy atom. The monoisotopic (exact) mass is 355 g/mol. The molecule has 0 heterocycles. The van der Waals surface area contributed by atoms with Gasteiger partial charge in [0.1, 0.15) is 0 Å². The van der Waals surface area contributed by atoms with Crippen molar-refractivity contribution < 1.29 is 13.2 Å². The van der Waals surface area contributed by atoms with E-state index in [0.717, 1.165) is 17.2 Å². The number of alkyl halides is 3. The van der Waals surface area contributed by atoms with E-state index in [-0.39, 0.29) is 5.56 Å². The number of rotatable bonds is 5. The van der Waals surface area contributed by atoms with Gasteiger partial charge in [0, 0.05) is 18.8 Å². The van der Waals surface area contributed by atoms with Crippen LogP contribution in [0.3, 0.4) is 0 Å². The molecule has 0 fully saturated rings. The Labute approximate surface area is 151 Å². The molecule has 0 bridgehead atoms. The van der Waals surface area contributed by atoms with E-state index in [1.165, 1.54) is 6.07 Å². The lowest BCUT2D eigenvalue weighted by molar-refractivity contribution is -0.138. The molecule has 0 saturated heterocycles. The van der Waals surface area contributed by atoms with Gasteiger partial charge in [-0.05, 0) is 35.7 Å². The molecule has 0 unspecified atom stereocenters. The van der Waals surface area contributed by atoms with Gasteiger partial charge in [0.15, 0.2) is 0 Å². The van der Waals surface area contributed by atoms with Crippen LogP contribution >= 0.6 is 0 Å². The molecule has 0 amide bonds. The number of anilines is 1. The summed E-state index contributed by atoms with van der Waals surface area (Å²) in [5.74, 6) is 0. The van der Waals surface area contributed by atoms with E-state index >= 15 is 0 Å². The first-order valence-corrected chi connectivity index (χ1v) is 8.45. The normalized spacial score (nSPS) is 11.4. The Hall–Kier alpha value is -2.75. The van der Waals surface area contributed by atoms with Crippen LogP contribution in [-0.2, 0) is 19.3 Å². The van der Waals surface area contributed by atoms with Crippen molar-refractivity contribution in [2.75, 3.05) is 4.90 Å². The minimum atomic E-state index is -4.36. The zero-order chi connectivity index (χ0) is 18.6. The van der Waals surface area contributed by atoms with Gasteiger partial charge >= 0.3 is 6.18 Å². The number of hydrogen-bond acceptors (Lipinski definition) is 1. The van der Waals surface area contributed by atoms with Gasteiger partial charge in [-0.3, -0.25) is 0 Å². The molecule has 0 radical (unpaired) electrons. The van der Waals surface area contributed by atoms with Crippen molar-refractivity contribution in [2.45, 2.75) is 26.2 Å². The van der Waals surface area contributed by atoms with E-state index in [2.05, 4.69) is 0 Å². The average Bonchev–Trinajstić information content (AvgIpc) is 2.62. The Balaban J connectivity index is 2.00. The molecule has 0 N–H and O–H groups in total. The maximum atomic E-state index is 13.3. The third-order valence-corrected chi connectivity index (χ3v) is 4.38. The van der Waals surface area contributed by atoms with Gasteiger partial charge < -0.3 is 4.90 Å². The van der Waals surface area contributed by atoms with Crippen molar-refractivity contribution in [3.63, 3.8) is 0 Å². The predicted molar refractivity (Wildman–Crippen MR) is 99.0 cm³/mol. The third-order valence-electron chi connectivity index (χ3n) is 4.38. The highest BCUT2D eigenvalue weighted by Crippen LogP contribution is 2.36.